The molecule has 0 unspecified atom stereocenters. The Kier molecular flexibility index (Phi) is 4.21. The zero-order chi connectivity index (χ0) is 18.5. The lowest BCUT2D eigenvalue weighted by atomic mass is 9.56. The lowest BCUT2D eigenvalue weighted by Crippen LogP contribution is -2.58. The molecule has 0 radical (unpaired) electrons. The van der Waals surface area contributed by atoms with Crippen LogP contribution in [0.25, 0.3) is 0 Å². The predicted octanol–water partition coefficient (Wildman–Crippen LogP) is 2.76. The molecule has 5 heteroatoms. The van der Waals surface area contributed by atoms with E-state index in [4.69, 9.17) is 9.47 Å². The zero-order valence-electron chi connectivity index (χ0n) is 15.1. The van der Waals surface area contributed by atoms with E-state index in [1.165, 1.54) is 0 Å². The Morgan fingerprint density at radius 3 is 2.72 bits per heavy atom. The number of esters is 2. The van der Waals surface area contributed by atoms with Crippen molar-refractivity contribution in [3.8, 4) is 0 Å². The minimum absolute atomic E-state index is 0.0406. The second kappa shape index (κ2) is 5.97. The van der Waals surface area contributed by atoms with Crippen molar-refractivity contribution in [3.05, 3.63) is 35.5 Å². The van der Waals surface area contributed by atoms with E-state index in [2.05, 4.69) is 12.7 Å². The highest BCUT2D eigenvalue weighted by molar-refractivity contribution is 5.92. The van der Waals surface area contributed by atoms with E-state index < -0.39 is 35.5 Å². The van der Waals surface area contributed by atoms with E-state index in [1.807, 2.05) is 13.8 Å². The van der Waals surface area contributed by atoms with Gasteiger partial charge >= 0.3 is 11.9 Å². The molecule has 0 aromatic carbocycles. The van der Waals surface area contributed by atoms with Crippen molar-refractivity contribution in [2.45, 2.75) is 46.3 Å². The molecular weight excluding hydrogens is 320 g/mol. The first-order chi connectivity index (χ1) is 11.8. The van der Waals surface area contributed by atoms with E-state index >= 15 is 0 Å². The molecule has 2 fully saturated rings. The first-order valence-corrected chi connectivity index (χ1v) is 8.63. The number of aldehydes is 1. The van der Waals surface area contributed by atoms with Gasteiger partial charge < -0.3 is 14.3 Å². The Morgan fingerprint density at radius 2 is 2.12 bits per heavy atom. The molecule has 0 aromatic heterocycles. The van der Waals surface area contributed by atoms with Crippen LogP contribution in [-0.4, -0.2) is 30.4 Å². The van der Waals surface area contributed by atoms with E-state index in [9.17, 15) is 14.4 Å². The van der Waals surface area contributed by atoms with Gasteiger partial charge in [0.15, 0.2) is 0 Å². The summed E-state index contributed by atoms with van der Waals surface area (Å²) in [4.78, 5) is 36.7. The van der Waals surface area contributed by atoms with Gasteiger partial charge in [0.1, 0.15) is 18.5 Å². The fourth-order valence-corrected chi connectivity index (χ4v) is 4.58. The van der Waals surface area contributed by atoms with Crippen molar-refractivity contribution < 1.29 is 23.9 Å². The van der Waals surface area contributed by atoms with Crippen LogP contribution in [-0.2, 0) is 23.9 Å². The van der Waals surface area contributed by atoms with Crippen LogP contribution in [0.2, 0.25) is 0 Å². The monoisotopic (exact) mass is 344 g/mol. The van der Waals surface area contributed by atoms with Crippen LogP contribution >= 0.6 is 0 Å². The summed E-state index contributed by atoms with van der Waals surface area (Å²) in [7, 11) is 0. The van der Waals surface area contributed by atoms with E-state index in [1.54, 1.807) is 19.9 Å². The highest BCUT2D eigenvalue weighted by atomic mass is 16.6. The van der Waals surface area contributed by atoms with Crippen LogP contribution in [0.1, 0.15) is 34.1 Å². The van der Waals surface area contributed by atoms with Crippen LogP contribution in [0.15, 0.2) is 35.5 Å². The number of rotatable bonds is 3. The minimum atomic E-state index is -0.902. The van der Waals surface area contributed by atoms with Crippen molar-refractivity contribution in [1.82, 2.24) is 0 Å². The van der Waals surface area contributed by atoms with Gasteiger partial charge in [-0.15, -0.1) is 0 Å². The Morgan fingerprint density at radius 1 is 1.44 bits per heavy atom. The molecule has 0 N–H and O–H groups in total. The summed E-state index contributed by atoms with van der Waals surface area (Å²) in [5, 5.41) is 0. The summed E-state index contributed by atoms with van der Waals surface area (Å²) < 4.78 is 11.4. The van der Waals surface area contributed by atoms with E-state index in [-0.39, 0.29) is 17.4 Å². The van der Waals surface area contributed by atoms with Crippen molar-refractivity contribution >= 4 is 18.2 Å². The quantitative estimate of drug-likeness (QED) is 0.341. The molecular formula is C20H24O5. The minimum Gasteiger partial charge on any atom is -0.458 e. The summed E-state index contributed by atoms with van der Waals surface area (Å²) in [5.41, 5.74) is 0.960. The van der Waals surface area contributed by atoms with Crippen molar-refractivity contribution in [2.24, 2.45) is 23.2 Å². The molecule has 5 nitrogen and oxygen atoms in total. The van der Waals surface area contributed by atoms with Crippen LogP contribution in [0.4, 0.5) is 0 Å². The number of allylic oxidation sites excluding steroid dienone is 2. The fraction of sp³-hybridized carbons (Fsp3) is 0.550. The third-order valence-electron chi connectivity index (χ3n) is 6.25. The molecule has 1 heterocycles. The molecule has 0 aromatic rings. The average molecular weight is 344 g/mol. The van der Waals surface area contributed by atoms with Crippen molar-refractivity contribution in [1.29, 1.82) is 0 Å². The molecule has 134 valence electrons. The van der Waals surface area contributed by atoms with Crippen LogP contribution in [0.3, 0.4) is 0 Å². The summed E-state index contributed by atoms with van der Waals surface area (Å²) in [5.74, 6) is -1.55. The van der Waals surface area contributed by atoms with Crippen LogP contribution in [0, 0.1) is 23.2 Å². The smallest absolute Gasteiger partial charge is 0.334 e. The average Bonchev–Trinajstić information content (AvgIpc) is 3.12. The second-order valence-corrected chi connectivity index (χ2v) is 7.52. The molecule has 0 amide bonds. The first-order valence-electron chi connectivity index (χ1n) is 8.63. The molecule has 3 rings (SSSR count). The normalized spacial score (nSPS) is 40.1. The zero-order valence-corrected chi connectivity index (χ0v) is 15.1. The largest absolute Gasteiger partial charge is 0.458 e. The van der Waals surface area contributed by atoms with Crippen molar-refractivity contribution in [2.75, 3.05) is 0 Å². The number of hydrogen-bond donors (Lipinski definition) is 0. The fourth-order valence-electron chi connectivity index (χ4n) is 4.58. The molecule has 1 aliphatic heterocycles. The summed E-state index contributed by atoms with van der Waals surface area (Å²) in [6, 6.07) is 0. The van der Waals surface area contributed by atoms with Gasteiger partial charge in [0.25, 0.3) is 0 Å². The molecule has 6 atom stereocenters. The Hall–Kier alpha value is -2.17. The molecule has 1 saturated heterocycles. The third-order valence-corrected chi connectivity index (χ3v) is 6.25. The van der Waals surface area contributed by atoms with Gasteiger partial charge in [-0.05, 0) is 40.0 Å². The molecule has 0 spiro atoms. The van der Waals surface area contributed by atoms with Gasteiger partial charge in [0.05, 0.1) is 11.3 Å². The summed E-state index contributed by atoms with van der Waals surface area (Å²) in [6.07, 6.45) is 4.14. The van der Waals surface area contributed by atoms with Crippen LogP contribution in [0.5, 0.6) is 0 Å². The molecule has 25 heavy (non-hydrogen) atoms. The van der Waals surface area contributed by atoms with Gasteiger partial charge in [-0.1, -0.05) is 24.3 Å². The summed E-state index contributed by atoms with van der Waals surface area (Å²) in [6.45, 7) is 11.1. The lowest BCUT2D eigenvalue weighted by molar-refractivity contribution is -0.177. The van der Waals surface area contributed by atoms with Gasteiger partial charge in [-0.25, -0.2) is 9.59 Å². The maximum Gasteiger partial charge on any atom is 0.334 e. The Labute approximate surface area is 147 Å². The molecule has 1 saturated carbocycles. The maximum absolute atomic E-state index is 12.4. The van der Waals surface area contributed by atoms with Gasteiger partial charge in [-0.3, -0.25) is 0 Å². The van der Waals surface area contributed by atoms with Gasteiger partial charge in [0, 0.05) is 17.1 Å². The highest BCUT2D eigenvalue weighted by Gasteiger charge is 2.64. The number of fused-ring (bicyclic) bond motifs is 3. The summed E-state index contributed by atoms with van der Waals surface area (Å²) >= 11 is 0. The Balaban J connectivity index is 2.07. The third kappa shape index (κ3) is 2.40. The van der Waals surface area contributed by atoms with Gasteiger partial charge in [0.2, 0.25) is 0 Å². The Bertz CT molecular complexity index is 716. The van der Waals surface area contributed by atoms with Gasteiger partial charge in [-0.2, -0.15) is 0 Å². The number of carbonyl (C=O) groups excluding carboxylic acids is 3. The topological polar surface area (TPSA) is 69.7 Å². The first kappa shape index (κ1) is 17.6. The second-order valence-electron chi connectivity index (χ2n) is 7.52. The molecule has 2 aliphatic carbocycles. The standard InChI is InChI=1S/C20H24O5/c1-6-10(2)18(22)25-17-15-12(4)19(23)24-16(15)14-11(3)7-8-13(14)20(17,5)9-21/h6-7,9,13-17H,4,8H2,1-3,5H3/b10-6-/t13-,14-,15-,16+,17-,20-/m0/s1. The highest BCUT2D eigenvalue weighted by Crippen LogP contribution is 2.58. The molecule has 0 bridgehead atoms. The SMILES string of the molecule is C=C1C(=O)O[C@@H]2[C@H]3C(C)=CC[C@@H]3[C@](C)(C=O)[C@@H](OC(=O)/C(C)=C\C)[C@@H]12. The lowest BCUT2D eigenvalue weighted by Gasteiger charge is -2.50. The number of ether oxygens (including phenoxy) is 2. The van der Waals surface area contributed by atoms with E-state index in [0.717, 1.165) is 11.9 Å². The maximum atomic E-state index is 12.4. The molecule has 3 aliphatic rings. The number of hydrogen-bond acceptors (Lipinski definition) is 5. The van der Waals surface area contributed by atoms with E-state index in [0.29, 0.717) is 12.0 Å². The van der Waals surface area contributed by atoms with Crippen molar-refractivity contribution in [3.63, 3.8) is 0 Å². The van der Waals surface area contributed by atoms with Crippen LogP contribution < -0.4 is 0 Å². The number of carbonyl (C=O) groups is 3. The predicted molar refractivity (Wildman–Crippen MR) is 91.3 cm³/mol.